The largest absolute Gasteiger partial charge is 0.339 e. The smallest absolute Gasteiger partial charge is 0.231 e. The summed E-state index contributed by atoms with van der Waals surface area (Å²) in [6.45, 7) is 10.6. The number of piperazine rings is 1. The molecule has 0 aromatic carbocycles. The Balaban J connectivity index is 1.96. The molecule has 1 saturated heterocycles. The minimum Gasteiger partial charge on any atom is -0.339 e. The van der Waals surface area contributed by atoms with Crippen molar-refractivity contribution in [2.45, 2.75) is 45.2 Å². The van der Waals surface area contributed by atoms with E-state index < -0.39 is 0 Å². The summed E-state index contributed by atoms with van der Waals surface area (Å²) in [5, 5.41) is 7.58. The molecule has 0 aliphatic carbocycles. The van der Waals surface area contributed by atoms with Gasteiger partial charge in [-0.25, -0.2) is 0 Å². The molecule has 1 fully saturated rings. The van der Waals surface area contributed by atoms with Gasteiger partial charge in [0.05, 0.1) is 5.92 Å². The molecular formula is C15H29N5O. The second-order valence-electron chi connectivity index (χ2n) is 6.28. The van der Waals surface area contributed by atoms with Gasteiger partial charge in [-0.05, 0) is 27.6 Å². The molecule has 6 nitrogen and oxygen atoms in total. The van der Waals surface area contributed by atoms with Crippen LogP contribution in [0.5, 0.6) is 0 Å². The number of likely N-dealkylation sites (N-methyl/N-ethyl adjacent to an activating group) is 3. The van der Waals surface area contributed by atoms with Crippen molar-refractivity contribution < 1.29 is 4.52 Å². The van der Waals surface area contributed by atoms with Crippen LogP contribution in [-0.2, 0) is 6.42 Å². The Kier molecular flexibility index (Phi) is 5.72. The number of aromatic nitrogens is 2. The fourth-order valence-electron chi connectivity index (χ4n) is 2.78. The summed E-state index contributed by atoms with van der Waals surface area (Å²) in [4.78, 5) is 9.36. The zero-order valence-electron chi connectivity index (χ0n) is 14.0. The van der Waals surface area contributed by atoms with E-state index in [9.17, 15) is 0 Å². The minimum absolute atomic E-state index is 0.234. The van der Waals surface area contributed by atoms with Gasteiger partial charge in [-0.2, -0.15) is 4.98 Å². The molecule has 1 N–H and O–H groups in total. The van der Waals surface area contributed by atoms with Crippen LogP contribution in [0, 0.1) is 0 Å². The first-order chi connectivity index (χ1) is 10.0. The molecule has 3 atom stereocenters. The van der Waals surface area contributed by atoms with Gasteiger partial charge in [0.2, 0.25) is 5.89 Å². The van der Waals surface area contributed by atoms with Gasteiger partial charge in [-0.3, -0.25) is 0 Å². The van der Waals surface area contributed by atoms with Crippen LogP contribution in [0.3, 0.4) is 0 Å². The quantitative estimate of drug-likeness (QED) is 0.843. The summed E-state index contributed by atoms with van der Waals surface area (Å²) < 4.78 is 5.46. The predicted molar refractivity (Wildman–Crippen MR) is 83.5 cm³/mol. The molecule has 1 aliphatic heterocycles. The van der Waals surface area contributed by atoms with Gasteiger partial charge in [0.15, 0.2) is 5.82 Å². The Morgan fingerprint density at radius 1 is 1.33 bits per heavy atom. The highest BCUT2D eigenvalue weighted by Crippen LogP contribution is 2.18. The lowest BCUT2D eigenvalue weighted by Crippen LogP contribution is -2.50. The molecule has 0 saturated carbocycles. The van der Waals surface area contributed by atoms with Gasteiger partial charge >= 0.3 is 0 Å². The molecule has 2 heterocycles. The lowest BCUT2D eigenvalue weighted by molar-refractivity contribution is 0.113. The van der Waals surface area contributed by atoms with E-state index in [1.165, 1.54) is 0 Å². The third kappa shape index (κ3) is 4.25. The van der Waals surface area contributed by atoms with Crippen LogP contribution in [0.4, 0.5) is 0 Å². The second-order valence-corrected chi connectivity index (χ2v) is 6.28. The van der Waals surface area contributed by atoms with E-state index in [0.717, 1.165) is 44.3 Å². The molecule has 2 rings (SSSR count). The van der Waals surface area contributed by atoms with Crippen molar-refractivity contribution in [2.75, 3.05) is 40.3 Å². The van der Waals surface area contributed by atoms with Crippen LogP contribution in [0.1, 0.15) is 38.4 Å². The van der Waals surface area contributed by atoms with E-state index in [2.05, 4.69) is 60.1 Å². The minimum atomic E-state index is 0.234. The first-order valence-electron chi connectivity index (χ1n) is 7.95. The van der Waals surface area contributed by atoms with Gasteiger partial charge in [0, 0.05) is 38.1 Å². The van der Waals surface area contributed by atoms with Gasteiger partial charge in [0.25, 0.3) is 0 Å². The van der Waals surface area contributed by atoms with Crippen LogP contribution in [-0.4, -0.2) is 72.3 Å². The number of rotatable bonds is 6. The highest BCUT2D eigenvalue weighted by atomic mass is 16.5. The average Bonchev–Trinajstić information content (AvgIpc) is 2.91. The third-order valence-corrected chi connectivity index (χ3v) is 4.55. The number of nitrogens with one attached hydrogen (secondary N) is 1. The Labute approximate surface area is 127 Å². The molecule has 0 spiro atoms. The topological polar surface area (TPSA) is 57.4 Å². The van der Waals surface area contributed by atoms with Gasteiger partial charge in [-0.15, -0.1) is 0 Å². The maximum atomic E-state index is 5.46. The van der Waals surface area contributed by atoms with Crippen LogP contribution >= 0.6 is 0 Å². The molecule has 0 amide bonds. The molecule has 120 valence electrons. The van der Waals surface area contributed by atoms with Gasteiger partial charge in [0.1, 0.15) is 0 Å². The van der Waals surface area contributed by atoms with Crippen molar-refractivity contribution >= 4 is 0 Å². The summed E-state index contributed by atoms with van der Waals surface area (Å²) in [6.07, 6.45) is 0.854. The first-order valence-corrected chi connectivity index (χ1v) is 7.95. The highest BCUT2D eigenvalue weighted by molar-refractivity contribution is 4.98. The molecule has 0 bridgehead atoms. The van der Waals surface area contributed by atoms with Crippen LogP contribution in [0.2, 0.25) is 0 Å². The predicted octanol–water partition coefficient (Wildman–Crippen LogP) is 0.959. The fraction of sp³-hybridized carbons (Fsp3) is 0.867. The molecule has 1 aliphatic rings. The van der Waals surface area contributed by atoms with E-state index >= 15 is 0 Å². The molecule has 6 heteroatoms. The second kappa shape index (κ2) is 7.33. The van der Waals surface area contributed by atoms with Crippen LogP contribution < -0.4 is 5.32 Å². The summed E-state index contributed by atoms with van der Waals surface area (Å²) in [7, 11) is 4.34. The zero-order valence-corrected chi connectivity index (χ0v) is 14.0. The SMILES string of the molecule is CCNC(C)C(C)c1nc(CC2CN(C)CCN2C)no1. The summed E-state index contributed by atoms with van der Waals surface area (Å²) in [6, 6.07) is 0.808. The zero-order chi connectivity index (χ0) is 15.4. The van der Waals surface area contributed by atoms with Crippen molar-refractivity contribution in [3.8, 4) is 0 Å². The van der Waals surface area contributed by atoms with E-state index in [1.807, 2.05) is 0 Å². The molecular weight excluding hydrogens is 266 g/mol. The summed E-state index contributed by atoms with van der Waals surface area (Å²) in [5.74, 6) is 1.80. The Morgan fingerprint density at radius 2 is 2.10 bits per heavy atom. The Bertz CT molecular complexity index is 435. The maximum absolute atomic E-state index is 5.46. The van der Waals surface area contributed by atoms with Gasteiger partial charge < -0.3 is 19.6 Å². The fourth-order valence-corrected chi connectivity index (χ4v) is 2.78. The van der Waals surface area contributed by atoms with E-state index in [1.54, 1.807) is 0 Å². The normalized spacial score (nSPS) is 24.1. The molecule has 21 heavy (non-hydrogen) atoms. The standard InChI is InChI=1S/C15H29N5O/c1-6-16-12(3)11(2)15-17-14(18-21-15)9-13-10-19(4)7-8-20(13)5/h11-13,16H,6-10H2,1-5H3. The molecule has 1 aromatic heterocycles. The number of hydrogen-bond acceptors (Lipinski definition) is 6. The van der Waals surface area contributed by atoms with Gasteiger partial charge in [-0.1, -0.05) is 19.0 Å². The highest BCUT2D eigenvalue weighted by Gasteiger charge is 2.25. The lowest BCUT2D eigenvalue weighted by atomic mass is 10.0. The van der Waals surface area contributed by atoms with E-state index in [-0.39, 0.29) is 5.92 Å². The van der Waals surface area contributed by atoms with E-state index in [4.69, 9.17) is 4.52 Å². The lowest BCUT2D eigenvalue weighted by Gasteiger charge is -2.37. The monoisotopic (exact) mass is 295 g/mol. The number of hydrogen-bond donors (Lipinski definition) is 1. The molecule has 3 unspecified atom stereocenters. The van der Waals surface area contributed by atoms with Crippen molar-refractivity contribution in [3.05, 3.63) is 11.7 Å². The molecule has 1 aromatic rings. The van der Waals surface area contributed by atoms with Crippen molar-refractivity contribution in [2.24, 2.45) is 0 Å². The Morgan fingerprint density at radius 3 is 2.81 bits per heavy atom. The average molecular weight is 295 g/mol. The molecule has 0 radical (unpaired) electrons. The van der Waals surface area contributed by atoms with Crippen molar-refractivity contribution in [1.82, 2.24) is 25.3 Å². The summed E-state index contributed by atoms with van der Waals surface area (Å²) in [5.41, 5.74) is 0. The maximum Gasteiger partial charge on any atom is 0.231 e. The van der Waals surface area contributed by atoms with Crippen molar-refractivity contribution in [1.29, 1.82) is 0 Å². The van der Waals surface area contributed by atoms with Crippen LogP contribution in [0.15, 0.2) is 4.52 Å². The Hall–Kier alpha value is -0.980. The van der Waals surface area contributed by atoms with Crippen molar-refractivity contribution in [3.63, 3.8) is 0 Å². The van der Waals surface area contributed by atoms with E-state index in [0.29, 0.717) is 12.1 Å². The first kappa shape index (κ1) is 16.4. The van der Waals surface area contributed by atoms with Crippen LogP contribution in [0.25, 0.3) is 0 Å². The third-order valence-electron chi connectivity index (χ3n) is 4.55. The summed E-state index contributed by atoms with van der Waals surface area (Å²) >= 11 is 0. The number of nitrogens with zero attached hydrogens (tertiary/aromatic N) is 4.